The number of rotatable bonds is 7. The summed E-state index contributed by atoms with van der Waals surface area (Å²) in [5.41, 5.74) is 0. The van der Waals surface area contributed by atoms with E-state index in [1.807, 2.05) is 0 Å². The quantitative estimate of drug-likeness (QED) is 0.599. The third-order valence-corrected chi connectivity index (χ3v) is 2.93. The monoisotopic (exact) mass is 244 g/mol. The van der Waals surface area contributed by atoms with Crippen molar-refractivity contribution in [3.05, 3.63) is 0 Å². The van der Waals surface area contributed by atoms with E-state index in [-0.39, 0.29) is 25.2 Å². The molecule has 0 aromatic rings. The van der Waals surface area contributed by atoms with Crippen LogP contribution in [-0.4, -0.2) is 52.9 Å². The maximum absolute atomic E-state index is 11.8. The molecule has 1 aliphatic carbocycles. The largest absolute Gasteiger partial charge is 0.481 e. The minimum absolute atomic E-state index is 0.0694. The predicted molar refractivity (Wildman–Crippen MR) is 61.6 cm³/mol. The van der Waals surface area contributed by atoms with Gasteiger partial charge < -0.3 is 20.4 Å². The summed E-state index contributed by atoms with van der Waals surface area (Å²) >= 11 is 0. The van der Waals surface area contributed by atoms with Crippen LogP contribution in [0.25, 0.3) is 0 Å². The summed E-state index contributed by atoms with van der Waals surface area (Å²) in [6, 6.07) is -0.0618. The fourth-order valence-electron chi connectivity index (χ4n) is 1.66. The highest BCUT2D eigenvalue weighted by Gasteiger charge is 2.32. The molecule has 2 amide bonds. The van der Waals surface area contributed by atoms with Gasteiger partial charge in [0, 0.05) is 19.1 Å². The van der Waals surface area contributed by atoms with Crippen LogP contribution in [0.3, 0.4) is 0 Å². The molecule has 0 aliphatic heterocycles. The Morgan fingerprint density at radius 3 is 2.53 bits per heavy atom. The molecule has 0 aromatic carbocycles. The minimum Gasteiger partial charge on any atom is -0.481 e. The van der Waals surface area contributed by atoms with Gasteiger partial charge in [-0.3, -0.25) is 4.79 Å². The van der Waals surface area contributed by atoms with Crippen LogP contribution in [0, 0.1) is 5.92 Å². The summed E-state index contributed by atoms with van der Waals surface area (Å²) in [5, 5.41) is 20.3. The molecule has 1 unspecified atom stereocenters. The highest BCUT2D eigenvalue weighted by molar-refractivity contribution is 5.76. The van der Waals surface area contributed by atoms with E-state index in [2.05, 4.69) is 5.32 Å². The van der Waals surface area contributed by atoms with Crippen LogP contribution in [0.2, 0.25) is 0 Å². The molecular formula is C11H20N2O4. The molecule has 3 N–H and O–H groups in total. The van der Waals surface area contributed by atoms with E-state index in [1.165, 1.54) is 0 Å². The Bertz CT molecular complexity index is 279. The van der Waals surface area contributed by atoms with Gasteiger partial charge >= 0.3 is 12.0 Å². The maximum atomic E-state index is 11.8. The van der Waals surface area contributed by atoms with Crippen molar-refractivity contribution in [2.45, 2.75) is 32.2 Å². The number of carboxylic acid groups (broad SMARTS) is 1. The highest BCUT2D eigenvalue weighted by Crippen LogP contribution is 2.26. The molecule has 1 aliphatic rings. The summed E-state index contributed by atoms with van der Waals surface area (Å²) in [4.78, 5) is 24.1. The molecule has 1 fully saturated rings. The number of amides is 2. The second-order valence-corrected chi connectivity index (χ2v) is 4.28. The van der Waals surface area contributed by atoms with Gasteiger partial charge in [-0.05, 0) is 19.3 Å². The Labute approximate surface area is 101 Å². The zero-order valence-electron chi connectivity index (χ0n) is 10.1. The van der Waals surface area contributed by atoms with E-state index in [0.29, 0.717) is 13.0 Å². The van der Waals surface area contributed by atoms with Gasteiger partial charge in [-0.1, -0.05) is 6.92 Å². The molecule has 6 heteroatoms. The molecule has 0 saturated heterocycles. The second-order valence-electron chi connectivity index (χ2n) is 4.28. The highest BCUT2D eigenvalue weighted by atomic mass is 16.4. The van der Waals surface area contributed by atoms with Crippen molar-refractivity contribution >= 4 is 12.0 Å². The SMILES string of the molecule is CCC(CNC(=O)N(CCO)C1CC1)C(=O)O. The Hall–Kier alpha value is -1.30. The van der Waals surface area contributed by atoms with Crippen LogP contribution in [-0.2, 0) is 4.79 Å². The number of aliphatic hydroxyl groups excluding tert-OH is 1. The van der Waals surface area contributed by atoms with E-state index in [4.69, 9.17) is 10.2 Å². The molecule has 6 nitrogen and oxygen atoms in total. The lowest BCUT2D eigenvalue weighted by Gasteiger charge is -2.22. The van der Waals surface area contributed by atoms with Crippen LogP contribution in [0.5, 0.6) is 0 Å². The average molecular weight is 244 g/mol. The fourth-order valence-corrected chi connectivity index (χ4v) is 1.66. The number of nitrogens with one attached hydrogen (secondary N) is 1. The normalized spacial score (nSPS) is 16.4. The van der Waals surface area contributed by atoms with Crippen LogP contribution in [0.1, 0.15) is 26.2 Å². The minimum atomic E-state index is -0.895. The van der Waals surface area contributed by atoms with Crippen molar-refractivity contribution in [1.82, 2.24) is 10.2 Å². The fraction of sp³-hybridized carbons (Fsp3) is 0.818. The number of aliphatic hydroxyl groups is 1. The number of hydrogen-bond donors (Lipinski definition) is 3. The number of hydrogen-bond acceptors (Lipinski definition) is 3. The van der Waals surface area contributed by atoms with Gasteiger partial charge in [-0.25, -0.2) is 4.79 Å². The Kier molecular flexibility index (Phi) is 5.21. The van der Waals surface area contributed by atoms with E-state index >= 15 is 0 Å². The van der Waals surface area contributed by atoms with Gasteiger partial charge in [0.05, 0.1) is 12.5 Å². The number of carbonyl (C=O) groups is 2. The first-order chi connectivity index (χ1) is 8.10. The first-order valence-corrected chi connectivity index (χ1v) is 5.98. The Morgan fingerprint density at radius 2 is 2.12 bits per heavy atom. The lowest BCUT2D eigenvalue weighted by molar-refractivity contribution is -0.141. The van der Waals surface area contributed by atoms with Crippen molar-refractivity contribution < 1.29 is 19.8 Å². The molecule has 0 spiro atoms. The van der Waals surface area contributed by atoms with Crippen molar-refractivity contribution in [2.24, 2.45) is 5.92 Å². The number of aliphatic carboxylic acids is 1. The zero-order valence-corrected chi connectivity index (χ0v) is 10.1. The Balaban J connectivity index is 2.38. The predicted octanol–water partition coefficient (Wildman–Crippen LogP) is 0.263. The van der Waals surface area contributed by atoms with Gasteiger partial charge in [0.25, 0.3) is 0 Å². The lowest BCUT2D eigenvalue weighted by Crippen LogP contribution is -2.45. The van der Waals surface area contributed by atoms with Gasteiger partial charge in [0.2, 0.25) is 0 Å². The van der Waals surface area contributed by atoms with Crippen LogP contribution in [0.4, 0.5) is 4.79 Å². The average Bonchev–Trinajstić information content (AvgIpc) is 3.09. The molecular weight excluding hydrogens is 224 g/mol. The molecule has 0 aromatic heterocycles. The van der Waals surface area contributed by atoms with Gasteiger partial charge in [0.15, 0.2) is 0 Å². The summed E-state index contributed by atoms with van der Waals surface area (Å²) in [5.74, 6) is -1.44. The summed E-state index contributed by atoms with van der Waals surface area (Å²) in [6.45, 7) is 2.15. The molecule has 1 atom stereocenters. The van der Waals surface area contributed by atoms with Crippen molar-refractivity contribution in [1.29, 1.82) is 0 Å². The smallest absolute Gasteiger partial charge is 0.317 e. The molecule has 0 heterocycles. The van der Waals surface area contributed by atoms with Gasteiger partial charge in [-0.2, -0.15) is 0 Å². The lowest BCUT2D eigenvalue weighted by atomic mass is 10.1. The second kappa shape index (κ2) is 6.44. The summed E-state index contributed by atoms with van der Waals surface area (Å²) < 4.78 is 0. The molecule has 1 rings (SSSR count). The zero-order chi connectivity index (χ0) is 12.8. The van der Waals surface area contributed by atoms with Crippen LogP contribution in [0.15, 0.2) is 0 Å². The summed E-state index contributed by atoms with van der Waals surface area (Å²) in [6.07, 6.45) is 2.41. The third kappa shape index (κ3) is 4.22. The standard InChI is InChI=1S/C11H20N2O4/c1-2-8(10(15)16)7-12-11(17)13(5-6-14)9-3-4-9/h8-9,14H,2-7H2,1H3,(H,12,17)(H,15,16). The van der Waals surface area contributed by atoms with E-state index in [9.17, 15) is 9.59 Å². The van der Waals surface area contributed by atoms with E-state index in [1.54, 1.807) is 11.8 Å². The van der Waals surface area contributed by atoms with Crippen LogP contribution >= 0.6 is 0 Å². The number of carboxylic acids is 1. The van der Waals surface area contributed by atoms with Gasteiger partial charge in [-0.15, -0.1) is 0 Å². The van der Waals surface area contributed by atoms with Crippen molar-refractivity contribution in [2.75, 3.05) is 19.7 Å². The molecule has 98 valence electrons. The third-order valence-electron chi connectivity index (χ3n) is 2.93. The van der Waals surface area contributed by atoms with E-state index < -0.39 is 11.9 Å². The maximum Gasteiger partial charge on any atom is 0.317 e. The molecule has 1 saturated carbocycles. The topological polar surface area (TPSA) is 89.9 Å². The number of nitrogens with zero attached hydrogens (tertiary/aromatic N) is 1. The van der Waals surface area contributed by atoms with Crippen molar-refractivity contribution in [3.63, 3.8) is 0 Å². The molecule has 0 radical (unpaired) electrons. The number of urea groups is 1. The molecule has 17 heavy (non-hydrogen) atoms. The van der Waals surface area contributed by atoms with Crippen LogP contribution < -0.4 is 5.32 Å². The molecule has 0 bridgehead atoms. The summed E-state index contributed by atoms with van der Waals surface area (Å²) in [7, 11) is 0. The first-order valence-electron chi connectivity index (χ1n) is 5.98. The van der Waals surface area contributed by atoms with Crippen molar-refractivity contribution in [3.8, 4) is 0 Å². The Morgan fingerprint density at radius 1 is 1.47 bits per heavy atom. The first kappa shape index (κ1) is 13.8. The van der Waals surface area contributed by atoms with E-state index in [0.717, 1.165) is 12.8 Å². The van der Waals surface area contributed by atoms with Gasteiger partial charge in [0.1, 0.15) is 0 Å². The number of carbonyl (C=O) groups excluding carboxylic acids is 1.